The maximum atomic E-state index is 12.6. The summed E-state index contributed by atoms with van der Waals surface area (Å²) in [6.07, 6.45) is 1.74. The highest BCUT2D eigenvalue weighted by atomic mass is 16.6. The molecule has 2 aromatic heterocycles. The number of nitro groups is 1. The molecule has 0 bridgehead atoms. The number of aromatic nitrogens is 2. The molecule has 0 unspecified atom stereocenters. The van der Waals surface area contributed by atoms with Gasteiger partial charge in [-0.3, -0.25) is 10.1 Å². The van der Waals surface area contributed by atoms with Crippen LogP contribution in [0.5, 0.6) is 0 Å². The molecule has 0 aliphatic carbocycles. The van der Waals surface area contributed by atoms with Crippen LogP contribution in [0.3, 0.4) is 0 Å². The van der Waals surface area contributed by atoms with E-state index in [2.05, 4.69) is 52.7 Å². The summed E-state index contributed by atoms with van der Waals surface area (Å²) in [5.74, 6) is 0. The largest absolute Gasteiger partial charge is 0.455 e. The molecule has 0 saturated carbocycles. The van der Waals surface area contributed by atoms with E-state index in [0.717, 1.165) is 70.9 Å². The predicted molar refractivity (Wildman–Crippen MR) is 185 cm³/mol. The lowest BCUT2D eigenvalue weighted by molar-refractivity contribution is -0.384. The summed E-state index contributed by atoms with van der Waals surface area (Å²) in [6, 6.07) is 43.9. The molecule has 0 aliphatic heterocycles. The van der Waals surface area contributed by atoms with E-state index < -0.39 is 0 Å². The third-order valence-corrected chi connectivity index (χ3v) is 8.88. The van der Waals surface area contributed by atoms with E-state index >= 15 is 0 Å². The van der Waals surface area contributed by atoms with Crippen molar-refractivity contribution < 1.29 is 9.34 Å². The second-order valence-corrected chi connectivity index (χ2v) is 11.5. The fourth-order valence-corrected chi connectivity index (χ4v) is 6.71. The third-order valence-electron chi connectivity index (χ3n) is 8.88. The molecule has 6 heteroatoms. The van der Waals surface area contributed by atoms with Gasteiger partial charge in [-0.05, 0) is 52.2 Å². The molecule has 0 aliphatic rings. The Labute approximate surface area is 262 Å². The minimum absolute atomic E-state index is 0.00800. The van der Waals surface area contributed by atoms with E-state index in [1.54, 1.807) is 18.3 Å². The standard InChI is InChI=1S/C40H23N3O3/c44-43(45)36-19-17-28(38-33-20-26(24-8-2-1-3-9-24)14-15-29(33)23-41-42-38)22-34(36)35-21-27-11-5-7-13-31(27)40-37(35)32-18-16-25-10-4-6-12-30(25)39(32)46-40/h1-23H. The summed E-state index contributed by atoms with van der Waals surface area (Å²) in [4.78, 5) is 12.3. The molecule has 0 amide bonds. The molecule has 9 aromatic rings. The molecule has 0 N–H and O–H groups in total. The van der Waals surface area contributed by atoms with Gasteiger partial charge in [0.1, 0.15) is 16.9 Å². The lowest BCUT2D eigenvalue weighted by Gasteiger charge is -2.12. The first-order chi connectivity index (χ1) is 22.6. The van der Waals surface area contributed by atoms with Gasteiger partial charge in [-0.1, -0.05) is 97.1 Å². The van der Waals surface area contributed by atoms with Crippen LogP contribution in [-0.2, 0) is 0 Å². The normalized spacial score (nSPS) is 11.7. The van der Waals surface area contributed by atoms with E-state index in [9.17, 15) is 10.1 Å². The lowest BCUT2D eigenvalue weighted by Crippen LogP contribution is -1.96. The zero-order valence-electron chi connectivity index (χ0n) is 24.3. The second-order valence-electron chi connectivity index (χ2n) is 11.5. The molecule has 216 valence electrons. The smallest absolute Gasteiger partial charge is 0.277 e. The molecule has 0 radical (unpaired) electrons. The number of fused-ring (bicyclic) bond motifs is 8. The zero-order chi connectivity index (χ0) is 30.8. The number of furan rings is 1. The quantitative estimate of drug-likeness (QED) is 0.150. The maximum Gasteiger partial charge on any atom is 0.277 e. The monoisotopic (exact) mass is 593 g/mol. The highest BCUT2D eigenvalue weighted by molar-refractivity contribution is 6.25. The van der Waals surface area contributed by atoms with Gasteiger partial charge < -0.3 is 4.42 Å². The second kappa shape index (κ2) is 10.1. The van der Waals surface area contributed by atoms with Gasteiger partial charge in [0.05, 0.1) is 16.7 Å². The van der Waals surface area contributed by atoms with Gasteiger partial charge in [-0.25, -0.2) is 0 Å². The average Bonchev–Trinajstić information content (AvgIpc) is 3.52. The van der Waals surface area contributed by atoms with Crippen LogP contribution in [0.25, 0.3) is 87.8 Å². The Hall–Kier alpha value is -6.40. The molecule has 46 heavy (non-hydrogen) atoms. The first kappa shape index (κ1) is 26.0. The van der Waals surface area contributed by atoms with Gasteiger partial charge in [0.2, 0.25) is 0 Å². The predicted octanol–water partition coefficient (Wildman–Crippen LogP) is 10.7. The van der Waals surface area contributed by atoms with Crippen molar-refractivity contribution in [1.29, 1.82) is 0 Å². The van der Waals surface area contributed by atoms with Crippen LogP contribution in [0, 0.1) is 10.1 Å². The van der Waals surface area contributed by atoms with Crippen LogP contribution < -0.4 is 0 Å². The molecule has 6 nitrogen and oxygen atoms in total. The van der Waals surface area contributed by atoms with Crippen LogP contribution in [0.2, 0.25) is 0 Å². The van der Waals surface area contributed by atoms with Crippen molar-refractivity contribution in [2.45, 2.75) is 0 Å². The zero-order valence-corrected chi connectivity index (χ0v) is 24.3. The van der Waals surface area contributed by atoms with Crippen LogP contribution >= 0.6 is 0 Å². The van der Waals surface area contributed by atoms with Gasteiger partial charge in [-0.15, -0.1) is 5.10 Å². The van der Waals surface area contributed by atoms with Crippen molar-refractivity contribution in [1.82, 2.24) is 10.2 Å². The Morgan fingerprint density at radius 3 is 2.09 bits per heavy atom. The van der Waals surface area contributed by atoms with Crippen LogP contribution in [0.1, 0.15) is 0 Å². The van der Waals surface area contributed by atoms with Crippen molar-refractivity contribution in [3.05, 3.63) is 150 Å². The Kier molecular flexibility index (Phi) is 5.70. The first-order valence-electron chi connectivity index (χ1n) is 15.0. The van der Waals surface area contributed by atoms with E-state index in [0.29, 0.717) is 16.8 Å². The minimum Gasteiger partial charge on any atom is -0.455 e. The van der Waals surface area contributed by atoms with Gasteiger partial charge >= 0.3 is 0 Å². The van der Waals surface area contributed by atoms with Crippen molar-refractivity contribution in [2.75, 3.05) is 0 Å². The Bertz CT molecular complexity index is 2680. The van der Waals surface area contributed by atoms with Crippen molar-refractivity contribution in [3.8, 4) is 33.5 Å². The van der Waals surface area contributed by atoms with Crippen molar-refractivity contribution in [3.63, 3.8) is 0 Å². The van der Waals surface area contributed by atoms with Gasteiger partial charge in [0.25, 0.3) is 5.69 Å². The highest BCUT2D eigenvalue weighted by Gasteiger charge is 2.24. The number of nitro benzene ring substituents is 1. The van der Waals surface area contributed by atoms with Gasteiger partial charge in [-0.2, -0.15) is 5.10 Å². The fraction of sp³-hybridized carbons (Fsp3) is 0. The van der Waals surface area contributed by atoms with Crippen LogP contribution in [0.15, 0.2) is 144 Å². The van der Waals surface area contributed by atoms with Crippen LogP contribution in [0.4, 0.5) is 5.69 Å². The number of benzene rings is 7. The summed E-state index contributed by atoms with van der Waals surface area (Å²) in [5.41, 5.74) is 6.24. The first-order valence-corrected chi connectivity index (χ1v) is 15.0. The topological polar surface area (TPSA) is 82.1 Å². The van der Waals surface area contributed by atoms with Gasteiger partial charge in [0, 0.05) is 49.5 Å². The molecule has 0 spiro atoms. The molecule has 0 fully saturated rings. The number of nitrogens with zero attached hydrogens (tertiary/aromatic N) is 3. The number of rotatable bonds is 4. The highest BCUT2D eigenvalue weighted by Crippen LogP contribution is 2.46. The van der Waals surface area contributed by atoms with E-state index in [4.69, 9.17) is 4.42 Å². The molecule has 9 rings (SSSR count). The molecular formula is C40H23N3O3. The third kappa shape index (κ3) is 3.97. The maximum absolute atomic E-state index is 12.6. The summed E-state index contributed by atoms with van der Waals surface area (Å²) < 4.78 is 6.68. The Morgan fingerprint density at radius 2 is 1.26 bits per heavy atom. The SMILES string of the molecule is O=[N+]([O-])c1ccc(-c2nncc3ccc(-c4ccccc4)cc23)cc1-c1cc2ccccc2c2oc3c4ccccc4ccc3c12. The van der Waals surface area contributed by atoms with Crippen LogP contribution in [-0.4, -0.2) is 15.1 Å². The van der Waals surface area contributed by atoms with Gasteiger partial charge in [0.15, 0.2) is 0 Å². The fourth-order valence-electron chi connectivity index (χ4n) is 6.71. The summed E-state index contributed by atoms with van der Waals surface area (Å²) in [7, 11) is 0. The van der Waals surface area contributed by atoms with E-state index in [1.807, 2.05) is 78.9 Å². The van der Waals surface area contributed by atoms with E-state index in [-0.39, 0.29) is 10.6 Å². The number of hydrogen-bond acceptors (Lipinski definition) is 5. The van der Waals surface area contributed by atoms with Crippen molar-refractivity contribution >= 4 is 59.9 Å². The van der Waals surface area contributed by atoms with E-state index in [1.165, 1.54) is 0 Å². The molecular weight excluding hydrogens is 570 g/mol. The minimum atomic E-state index is -0.319. The lowest BCUT2D eigenvalue weighted by atomic mass is 9.91. The molecule has 2 heterocycles. The Balaban J connectivity index is 1.35. The number of hydrogen-bond donors (Lipinski definition) is 0. The summed E-state index contributed by atoms with van der Waals surface area (Å²) in [6.45, 7) is 0. The average molecular weight is 594 g/mol. The molecule has 0 saturated heterocycles. The summed E-state index contributed by atoms with van der Waals surface area (Å²) in [5, 5.41) is 29.0. The Morgan fingerprint density at radius 1 is 0.543 bits per heavy atom. The van der Waals surface area contributed by atoms with Crippen molar-refractivity contribution in [2.24, 2.45) is 0 Å². The molecule has 7 aromatic carbocycles. The summed E-state index contributed by atoms with van der Waals surface area (Å²) >= 11 is 0. The molecule has 0 atom stereocenters.